The number of fused-ring (bicyclic) bond motifs is 1. The number of aromatic nitrogens is 1. The highest BCUT2D eigenvalue weighted by molar-refractivity contribution is 5.94. The molecule has 1 aliphatic heterocycles. The molecule has 0 bridgehead atoms. The summed E-state index contributed by atoms with van der Waals surface area (Å²) in [6.07, 6.45) is -1.70. The van der Waals surface area contributed by atoms with Crippen LogP contribution in [0.25, 0.3) is 0 Å². The van der Waals surface area contributed by atoms with Crippen LogP contribution < -0.4 is 0 Å². The predicted octanol–water partition coefficient (Wildman–Crippen LogP) is 4.80. The molecule has 5 nitrogen and oxygen atoms in total. The molecule has 4 rings (SSSR count). The van der Waals surface area contributed by atoms with Crippen molar-refractivity contribution in [2.45, 2.75) is 52.8 Å². The third kappa shape index (κ3) is 4.85. The highest BCUT2D eigenvalue weighted by atomic mass is 19.4. The molecule has 8 heteroatoms. The zero-order chi connectivity index (χ0) is 23.1. The van der Waals surface area contributed by atoms with Gasteiger partial charge in [-0.2, -0.15) is 13.2 Å². The monoisotopic (exact) mass is 449 g/mol. The van der Waals surface area contributed by atoms with E-state index in [4.69, 9.17) is 4.52 Å². The van der Waals surface area contributed by atoms with Crippen LogP contribution in [0.3, 0.4) is 0 Å². The van der Waals surface area contributed by atoms with E-state index in [1.54, 1.807) is 11.0 Å². The van der Waals surface area contributed by atoms with Gasteiger partial charge >= 0.3 is 6.18 Å². The number of hydrogen-bond acceptors (Lipinski definition) is 4. The first kappa shape index (κ1) is 22.8. The number of rotatable bonds is 3. The zero-order valence-corrected chi connectivity index (χ0v) is 18.8. The molecule has 1 aromatic heterocycles. The second kappa shape index (κ2) is 8.54. The van der Waals surface area contributed by atoms with Gasteiger partial charge in [-0.1, -0.05) is 44.1 Å². The number of alkyl halides is 3. The number of aryl methyl sites for hydroxylation is 1. The minimum absolute atomic E-state index is 0.108. The summed E-state index contributed by atoms with van der Waals surface area (Å²) in [5.74, 6) is 1.20. The average Bonchev–Trinajstić information content (AvgIpc) is 3.16. The number of amides is 1. The molecule has 2 heterocycles. The van der Waals surface area contributed by atoms with Gasteiger partial charge in [0.15, 0.2) is 5.69 Å². The van der Waals surface area contributed by atoms with Crippen molar-refractivity contribution in [3.8, 4) is 0 Å². The van der Waals surface area contributed by atoms with E-state index < -0.39 is 11.7 Å². The SMILES string of the molecule is CC(C)(C)C1CCc2onc(C(=O)N3CCN(Cc4cccc(C(F)(F)F)c4)CC3)c2C1. The lowest BCUT2D eigenvalue weighted by Crippen LogP contribution is -2.48. The number of benzene rings is 1. The summed E-state index contributed by atoms with van der Waals surface area (Å²) < 4.78 is 44.4. The van der Waals surface area contributed by atoms with Crippen molar-refractivity contribution >= 4 is 5.91 Å². The maximum Gasteiger partial charge on any atom is 0.416 e. The van der Waals surface area contributed by atoms with E-state index in [-0.39, 0.29) is 11.3 Å². The Morgan fingerprint density at radius 2 is 1.88 bits per heavy atom. The molecular formula is C24H30F3N3O2. The molecule has 0 spiro atoms. The van der Waals surface area contributed by atoms with Crippen LogP contribution in [0.2, 0.25) is 0 Å². The summed E-state index contributed by atoms with van der Waals surface area (Å²) in [4.78, 5) is 17.0. The minimum Gasteiger partial charge on any atom is -0.360 e. The van der Waals surface area contributed by atoms with E-state index in [1.165, 1.54) is 12.1 Å². The molecule has 1 fully saturated rings. The van der Waals surface area contributed by atoms with Crippen LogP contribution >= 0.6 is 0 Å². The van der Waals surface area contributed by atoms with Gasteiger partial charge in [0.05, 0.1) is 5.56 Å². The number of nitrogens with zero attached hydrogens (tertiary/aromatic N) is 3. The quantitative estimate of drug-likeness (QED) is 0.675. The smallest absolute Gasteiger partial charge is 0.360 e. The minimum atomic E-state index is -4.34. The summed E-state index contributed by atoms with van der Waals surface area (Å²) in [7, 11) is 0. The molecule has 1 saturated heterocycles. The topological polar surface area (TPSA) is 49.6 Å². The van der Waals surface area contributed by atoms with Gasteiger partial charge in [-0.15, -0.1) is 0 Å². The summed E-state index contributed by atoms with van der Waals surface area (Å²) in [5, 5.41) is 4.12. The first-order valence-electron chi connectivity index (χ1n) is 11.2. The highest BCUT2D eigenvalue weighted by Crippen LogP contribution is 2.38. The first-order valence-corrected chi connectivity index (χ1v) is 11.2. The molecule has 1 aliphatic carbocycles. The van der Waals surface area contributed by atoms with E-state index in [1.807, 2.05) is 0 Å². The van der Waals surface area contributed by atoms with Crippen molar-refractivity contribution < 1.29 is 22.5 Å². The molecule has 2 aliphatic rings. The van der Waals surface area contributed by atoms with E-state index in [2.05, 4.69) is 30.8 Å². The largest absolute Gasteiger partial charge is 0.416 e. The lowest BCUT2D eigenvalue weighted by atomic mass is 9.71. The lowest BCUT2D eigenvalue weighted by molar-refractivity contribution is -0.137. The standard InChI is InChI=1S/C24H30F3N3O2/c1-23(2,3)17-7-8-20-19(14-17)21(28-32-20)22(31)30-11-9-29(10-12-30)15-16-5-4-6-18(13-16)24(25,26)27/h4-6,13,17H,7-12,14-15H2,1-3H3. The Bertz CT molecular complexity index is 970. The van der Waals surface area contributed by atoms with Gasteiger partial charge < -0.3 is 9.42 Å². The lowest BCUT2D eigenvalue weighted by Gasteiger charge is -2.35. The van der Waals surface area contributed by atoms with Gasteiger partial charge in [0, 0.05) is 44.7 Å². The van der Waals surface area contributed by atoms with Crippen molar-refractivity contribution in [1.29, 1.82) is 0 Å². The van der Waals surface area contributed by atoms with Crippen LogP contribution in [0.4, 0.5) is 13.2 Å². The first-order chi connectivity index (χ1) is 15.0. The molecule has 2 aromatic rings. The number of halogens is 3. The molecular weight excluding hydrogens is 419 g/mol. The van der Waals surface area contributed by atoms with Crippen LogP contribution in [0.1, 0.15) is 60.1 Å². The number of hydrogen-bond donors (Lipinski definition) is 0. The van der Waals surface area contributed by atoms with Gasteiger partial charge in [0.1, 0.15) is 5.76 Å². The summed E-state index contributed by atoms with van der Waals surface area (Å²) >= 11 is 0. The van der Waals surface area contributed by atoms with Crippen LogP contribution in [0.15, 0.2) is 28.8 Å². The van der Waals surface area contributed by atoms with Crippen molar-refractivity contribution in [1.82, 2.24) is 15.0 Å². The Morgan fingerprint density at radius 1 is 1.16 bits per heavy atom. The van der Waals surface area contributed by atoms with Gasteiger partial charge in [0.2, 0.25) is 0 Å². The molecule has 0 saturated carbocycles. The van der Waals surface area contributed by atoms with Crippen molar-refractivity contribution in [2.24, 2.45) is 11.3 Å². The Kier molecular flexibility index (Phi) is 6.09. The zero-order valence-electron chi connectivity index (χ0n) is 18.8. The van der Waals surface area contributed by atoms with Crippen LogP contribution in [0.5, 0.6) is 0 Å². The maximum atomic E-state index is 13.2. The van der Waals surface area contributed by atoms with Crippen molar-refractivity contribution in [3.63, 3.8) is 0 Å². The maximum absolute atomic E-state index is 13.2. The normalized spacial score (nSPS) is 20.3. The van der Waals surface area contributed by atoms with Crippen LogP contribution in [-0.4, -0.2) is 47.0 Å². The van der Waals surface area contributed by atoms with E-state index in [0.717, 1.165) is 36.7 Å². The molecule has 0 N–H and O–H groups in total. The molecule has 1 aromatic carbocycles. The second-order valence-corrected chi connectivity index (χ2v) is 10.0. The fraction of sp³-hybridized carbons (Fsp3) is 0.583. The predicted molar refractivity (Wildman–Crippen MR) is 114 cm³/mol. The van der Waals surface area contributed by atoms with E-state index in [9.17, 15) is 18.0 Å². The molecule has 1 atom stereocenters. The van der Waals surface area contributed by atoms with E-state index in [0.29, 0.717) is 49.9 Å². The Balaban J connectivity index is 1.38. The number of carbonyl (C=O) groups excluding carboxylic acids is 1. The third-order valence-corrected chi connectivity index (χ3v) is 6.79. The fourth-order valence-corrected chi connectivity index (χ4v) is 4.67. The molecule has 0 radical (unpaired) electrons. The van der Waals surface area contributed by atoms with Gasteiger partial charge in [-0.25, -0.2) is 0 Å². The fourth-order valence-electron chi connectivity index (χ4n) is 4.67. The van der Waals surface area contributed by atoms with Crippen LogP contribution in [-0.2, 0) is 25.6 Å². The van der Waals surface area contributed by atoms with Crippen molar-refractivity contribution in [3.05, 3.63) is 52.4 Å². The van der Waals surface area contributed by atoms with Crippen LogP contribution in [0, 0.1) is 11.3 Å². The van der Waals surface area contributed by atoms with Gasteiger partial charge in [-0.3, -0.25) is 9.69 Å². The Labute approximate surface area is 186 Å². The summed E-state index contributed by atoms with van der Waals surface area (Å²) in [6.45, 7) is 9.34. The Morgan fingerprint density at radius 3 is 2.53 bits per heavy atom. The number of carbonyl (C=O) groups is 1. The van der Waals surface area contributed by atoms with E-state index >= 15 is 0 Å². The molecule has 1 unspecified atom stereocenters. The molecule has 1 amide bonds. The second-order valence-electron chi connectivity index (χ2n) is 10.0. The summed E-state index contributed by atoms with van der Waals surface area (Å²) in [5.41, 5.74) is 1.53. The van der Waals surface area contributed by atoms with Crippen molar-refractivity contribution in [2.75, 3.05) is 26.2 Å². The summed E-state index contributed by atoms with van der Waals surface area (Å²) in [6, 6.07) is 5.43. The molecule has 174 valence electrons. The van der Waals surface area contributed by atoms with Gasteiger partial charge in [-0.05, 0) is 35.8 Å². The average molecular weight is 450 g/mol. The Hall–Kier alpha value is -2.35. The molecule has 32 heavy (non-hydrogen) atoms. The highest BCUT2D eigenvalue weighted by Gasteiger charge is 2.36. The third-order valence-electron chi connectivity index (χ3n) is 6.79. The number of piperazine rings is 1. The van der Waals surface area contributed by atoms with Gasteiger partial charge in [0.25, 0.3) is 5.91 Å².